The number of ether oxygens (including phenoxy) is 1. The minimum Gasteiger partial charge on any atom is -0.467 e. The number of benzene rings is 1. The van der Waals surface area contributed by atoms with E-state index < -0.39 is 47.3 Å². The van der Waals surface area contributed by atoms with Crippen molar-refractivity contribution >= 4 is 23.7 Å². The van der Waals surface area contributed by atoms with Crippen LogP contribution < -0.4 is 11.5 Å². The quantitative estimate of drug-likeness (QED) is 0.619. The van der Waals surface area contributed by atoms with E-state index in [2.05, 4.69) is 10.3 Å². The van der Waals surface area contributed by atoms with E-state index in [0.717, 1.165) is 17.9 Å². The Hall–Kier alpha value is -3.83. The molecule has 4 N–H and O–H groups in total. The van der Waals surface area contributed by atoms with Crippen LogP contribution in [0.25, 0.3) is 0 Å². The first-order valence-electron chi connectivity index (χ1n) is 8.45. The number of aromatic nitrogens is 3. The molecule has 2 heterocycles. The second-order valence-electron chi connectivity index (χ2n) is 6.29. The average Bonchev–Trinajstić information content (AvgIpc) is 3.31. The molecule has 0 spiro atoms. The second-order valence-corrected chi connectivity index (χ2v) is 6.29. The highest BCUT2D eigenvalue weighted by Crippen LogP contribution is 2.32. The Labute approximate surface area is 163 Å². The van der Waals surface area contributed by atoms with E-state index in [9.17, 15) is 23.6 Å². The molecule has 0 unspecified atom stereocenters. The molecule has 0 radical (unpaired) electrons. The minimum absolute atomic E-state index is 0.0334. The van der Waals surface area contributed by atoms with E-state index in [4.69, 9.17) is 16.2 Å². The van der Waals surface area contributed by atoms with Gasteiger partial charge in [0.2, 0.25) is 0 Å². The Morgan fingerprint density at radius 1 is 1.21 bits per heavy atom. The Bertz CT molecular complexity index is 1010. The van der Waals surface area contributed by atoms with Crippen LogP contribution >= 0.6 is 0 Å². The second kappa shape index (κ2) is 7.66. The lowest BCUT2D eigenvalue weighted by molar-refractivity contribution is -0.146. The number of hydrogen-bond donors (Lipinski definition) is 2. The molecular weight excluding hydrogens is 387 g/mol. The van der Waals surface area contributed by atoms with Gasteiger partial charge in [0.15, 0.2) is 17.4 Å². The summed E-state index contributed by atoms with van der Waals surface area (Å²) >= 11 is 0. The van der Waals surface area contributed by atoms with Gasteiger partial charge in [0, 0.05) is 12.1 Å². The van der Waals surface area contributed by atoms with Crippen LogP contribution in [-0.4, -0.2) is 63.3 Å². The molecule has 0 saturated carbocycles. The number of amides is 3. The zero-order chi connectivity index (χ0) is 21.3. The molecule has 0 bridgehead atoms. The monoisotopic (exact) mass is 404 g/mol. The lowest BCUT2D eigenvalue weighted by Gasteiger charge is -2.26. The van der Waals surface area contributed by atoms with Gasteiger partial charge >= 0.3 is 5.97 Å². The van der Waals surface area contributed by atoms with E-state index in [-0.39, 0.29) is 24.2 Å². The van der Waals surface area contributed by atoms with Crippen molar-refractivity contribution in [1.29, 1.82) is 0 Å². The van der Waals surface area contributed by atoms with E-state index in [1.54, 1.807) is 0 Å². The Morgan fingerprint density at radius 3 is 2.52 bits per heavy atom. The van der Waals surface area contributed by atoms with Crippen molar-refractivity contribution in [2.24, 2.45) is 11.5 Å². The number of rotatable bonds is 5. The summed E-state index contributed by atoms with van der Waals surface area (Å²) in [6, 6.07) is 2.88. The van der Waals surface area contributed by atoms with E-state index in [1.807, 2.05) is 0 Å². The lowest BCUT2D eigenvalue weighted by Crippen LogP contribution is -2.45. The standard InChI is InChI=1S/C17H17FN6O5/c1-29-17(28)12-10(24-13(15(20)26)11(14(19)25)21-22-24)5-6-23(12)16(27)8-3-2-4-9(18)7-8/h2-4,7,10,12H,5-6H2,1H3,(H2,19,25)(H2,20,26)/t10-,12-/m0/s1. The summed E-state index contributed by atoms with van der Waals surface area (Å²) < 4.78 is 19.3. The molecule has 11 nitrogen and oxygen atoms in total. The fourth-order valence-electron chi connectivity index (χ4n) is 3.37. The van der Waals surface area contributed by atoms with Crippen LogP contribution in [0, 0.1) is 5.82 Å². The van der Waals surface area contributed by atoms with Gasteiger partial charge in [0.25, 0.3) is 17.7 Å². The van der Waals surface area contributed by atoms with Crippen LogP contribution in [0.3, 0.4) is 0 Å². The smallest absolute Gasteiger partial charge is 0.330 e. The van der Waals surface area contributed by atoms with Gasteiger partial charge in [-0.2, -0.15) is 0 Å². The summed E-state index contributed by atoms with van der Waals surface area (Å²) in [5.41, 5.74) is 9.74. The van der Waals surface area contributed by atoms with Crippen molar-refractivity contribution in [3.8, 4) is 0 Å². The van der Waals surface area contributed by atoms with Crippen LogP contribution in [0.5, 0.6) is 0 Å². The fourth-order valence-corrected chi connectivity index (χ4v) is 3.37. The zero-order valence-corrected chi connectivity index (χ0v) is 15.2. The third-order valence-electron chi connectivity index (χ3n) is 4.62. The van der Waals surface area contributed by atoms with Crippen LogP contribution in [0.4, 0.5) is 4.39 Å². The molecule has 1 aromatic carbocycles. The first-order valence-corrected chi connectivity index (χ1v) is 8.45. The van der Waals surface area contributed by atoms with Gasteiger partial charge < -0.3 is 21.1 Å². The summed E-state index contributed by atoms with van der Waals surface area (Å²) in [5.74, 6) is -4.06. The average molecular weight is 404 g/mol. The maximum Gasteiger partial charge on any atom is 0.330 e. The number of nitrogens with zero attached hydrogens (tertiary/aromatic N) is 4. The highest BCUT2D eigenvalue weighted by Gasteiger charge is 2.46. The summed E-state index contributed by atoms with van der Waals surface area (Å²) in [5, 5.41) is 7.32. The van der Waals surface area contributed by atoms with Gasteiger partial charge in [0.05, 0.1) is 13.2 Å². The van der Waals surface area contributed by atoms with Crippen LogP contribution in [0.2, 0.25) is 0 Å². The van der Waals surface area contributed by atoms with Crippen molar-refractivity contribution in [1.82, 2.24) is 19.9 Å². The molecule has 12 heteroatoms. The molecule has 1 aliphatic heterocycles. The normalized spacial score (nSPS) is 18.5. The van der Waals surface area contributed by atoms with Crippen LogP contribution in [0.1, 0.15) is 43.8 Å². The lowest BCUT2D eigenvalue weighted by atomic mass is 10.1. The molecule has 3 amide bonds. The van der Waals surface area contributed by atoms with Gasteiger partial charge in [-0.1, -0.05) is 11.3 Å². The molecule has 1 aromatic heterocycles. The number of carbonyl (C=O) groups excluding carboxylic acids is 4. The van der Waals surface area contributed by atoms with Crippen LogP contribution in [0.15, 0.2) is 24.3 Å². The molecular formula is C17H17FN6O5. The van der Waals surface area contributed by atoms with Gasteiger partial charge in [-0.3, -0.25) is 14.4 Å². The third-order valence-corrected chi connectivity index (χ3v) is 4.62. The number of hydrogen-bond acceptors (Lipinski definition) is 7. The Balaban J connectivity index is 2.04. The Kier molecular flexibility index (Phi) is 5.26. The first-order chi connectivity index (χ1) is 13.8. The largest absolute Gasteiger partial charge is 0.467 e. The van der Waals surface area contributed by atoms with Crippen molar-refractivity contribution in [3.05, 3.63) is 47.0 Å². The molecule has 29 heavy (non-hydrogen) atoms. The molecule has 3 rings (SSSR count). The maximum absolute atomic E-state index is 13.5. The highest BCUT2D eigenvalue weighted by atomic mass is 19.1. The Morgan fingerprint density at radius 2 is 1.93 bits per heavy atom. The summed E-state index contributed by atoms with van der Waals surface area (Å²) in [6.45, 7) is 0.0732. The van der Waals surface area contributed by atoms with Gasteiger partial charge in [0.1, 0.15) is 5.82 Å². The van der Waals surface area contributed by atoms with Crippen molar-refractivity contribution in [3.63, 3.8) is 0 Å². The number of esters is 1. The number of halogens is 1. The molecule has 1 aliphatic rings. The minimum atomic E-state index is -1.21. The molecule has 152 valence electrons. The molecule has 1 fully saturated rings. The SMILES string of the molecule is COC(=O)[C@@H]1[C@@H](n2nnc(C(N)=O)c2C(N)=O)CCN1C(=O)c1cccc(F)c1. The van der Waals surface area contributed by atoms with Crippen LogP contribution in [-0.2, 0) is 9.53 Å². The van der Waals surface area contributed by atoms with Gasteiger partial charge in [-0.25, -0.2) is 13.9 Å². The molecule has 1 saturated heterocycles. The molecule has 2 atom stereocenters. The van der Waals surface area contributed by atoms with E-state index >= 15 is 0 Å². The third kappa shape index (κ3) is 3.51. The summed E-state index contributed by atoms with van der Waals surface area (Å²) in [7, 11) is 1.13. The fraction of sp³-hybridized carbons (Fsp3) is 0.294. The van der Waals surface area contributed by atoms with E-state index in [0.29, 0.717) is 0 Å². The van der Waals surface area contributed by atoms with Crippen molar-refractivity contribution in [2.45, 2.75) is 18.5 Å². The first kappa shape index (κ1) is 19.9. The maximum atomic E-state index is 13.5. The number of likely N-dealkylation sites (tertiary alicyclic amines) is 1. The van der Waals surface area contributed by atoms with Crippen molar-refractivity contribution < 1.29 is 28.3 Å². The number of methoxy groups -OCH3 is 1. The number of carbonyl (C=O) groups is 4. The zero-order valence-electron chi connectivity index (χ0n) is 15.2. The molecule has 0 aliphatic carbocycles. The van der Waals surface area contributed by atoms with Crippen molar-refractivity contribution in [2.75, 3.05) is 13.7 Å². The van der Waals surface area contributed by atoms with E-state index in [1.165, 1.54) is 23.1 Å². The predicted molar refractivity (Wildman–Crippen MR) is 94.0 cm³/mol. The topological polar surface area (TPSA) is 164 Å². The number of primary amides is 2. The summed E-state index contributed by atoms with van der Waals surface area (Å²) in [4.78, 5) is 49.9. The summed E-state index contributed by atoms with van der Waals surface area (Å²) in [6.07, 6.45) is 0.169. The number of nitrogens with two attached hydrogens (primary N) is 2. The van der Waals surface area contributed by atoms with Gasteiger partial charge in [-0.15, -0.1) is 5.10 Å². The predicted octanol–water partition coefficient (Wildman–Crippen LogP) is -0.756. The molecule has 2 aromatic rings. The van der Waals surface area contributed by atoms with Gasteiger partial charge in [-0.05, 0) is 24.6 Å². The highest BCUT2D eigenvalue weighted by molar-refractivity contribution is 6.03.